The predicted octanol–water partition coefficient (Wildman–Crippen LogP) is 4.42. The average molecular weight is 497 g/mol. The number of carbonyl (C=O) groups excluding carboxylic acids is 1. The van der Waals surface area contributed by atoms with Crippen LogP contribution in [0.5, 0.6) is 11.9 Å². The summed E-state index contributed by atoms with van der Waals surface area (Å²) in [5, 5.41) is 12.1. The molecule has 3 aliphatic carbocycles. The SMILES string of the molecule is CNc1nc(OC2CCCC2)nc2c1C(=O)N(C1=CCC(C3CCC(CC(=O)O)CC3)C=C1)CCO2. The van der Waals surface area contributed by atoms with Gasteiger partial charge in [0.2, 0.25) is 5.88 Å². The molecule has 0 aromatic carbocycles. The maximum Gasteiger partial charge on any atom is 0.322 e. The van der Waals surface area contributed by atoms with Crippen LogP contribution in [0.1, 0.15) is 74.6 Å². The highest BCUT2D eigenvalue weighted by Crippen LogP contribution is 2.39. The number of allylic oxidation sites excluding steroid dienone is 3. The fraction of sp³-hybridized carbons (Fsp3) is 0.630. The largest absolute Gasteiger partial charge is 0.481 e. The molecule has 1 aromatic heterocycles. The molecule has 0 saturated heterocycles. The van der Waals surface area contributed by atoms with Gasteiger partial charge in [0.1, 0.15) is 24.1 Å². The van der Waals surface area contributed by atoms with Crippen molar-refractivity contribution in [1.82, 2.24) is 14.9 Å². The van der Waals surface area contributed by atoms with E-state index >= 15 is 0 Å². The van der Waals surface area contributed by atoms with Crippen molar-refractivity contribution < 1.29 is 24.2 Å². The maximum atomic E-state index is 13.6. The molecular weight excluding hydrogens is 460 g/mol. The third-order valence-electron chi connectivity index (χ3n) is 8.06. The highest BCUT2D eigenvalue weighted by atomic mass is 16.5. The summed E-state index contributed by atoms with van der Waals surface area (Å²) in [6, 6.07) is 0.254. The van der Waals surface area contributed by atoms with Gasteiger partial charge in [-0.25, -0.2) is 0 Å². The first kappa shape index (κ1) is 24.6. The molecule has 194 valence electrons. The third-order valence-corrected chi connectivity index (χ3v) is 8.06. The zero-order valence-corrected chi connectivity index (χ0v) is 20.9. The van der Waals surface area contributed by atoms with E-state index in [0.717, 1.165) is 63.5 Å². The Balaban J connectivity index is 1.26. The number of carboxylic acids is 1. The number of carboxylic acid groups (broad SMARTS) is 1. The van der Waals surface area contributed by atoms with Gasteiger partial charge in [-0.2, -0.15) is 9.97 Å². The van der Waals surface area contributed by atoms with Crippen LogP contribution in [-0.4, -0.2) is 58.2 Å². The van der Waals surface area contributed by atoms with Crippen molar-refractivity contribution in [2.45, 2.75) is 70.3 Å². The first-order chi connectivity index (χ1) is 17.5. The first-order valence-electron chi connectivity index (χ1n) is 13.3. The van der Waals surface area contributed by atoms with E-state index < -0.39 is 5.97 Å². The fourth-order valence-electron chi connectivity index (χ4n) is 6.07. The van der Waals surface area contributed by atoms with Gasteiger partial charge in [-0.15, -0.1) is 0 Å². The second-order valence-electron chi connectivity index (χ2n) is 10.4. The van der Waals surface area contributed by atoms with Gasteiger partial charge in [0.05, 0.1) is 6.54 Å². The number of nitrogens with one attached hydrogen (secondary N) is 1. The molecule has 0 radical (unpaired) electrons. The van der Waals surface area contributed by atoms with Gasteiger partial charge in [0.15, 0.2) is 0 Å². The smallest absolute Gasteiger partial charge is 0.322 e. The number of aliphatic carboxylic acids is 1. The molecule has 0 bridgehead atoms. The molecule has 0 spiro atoms. The molecule has 4 aliphatic rings. The molecule has 1 aliphatic heterocycles. The van der Waals surface area contributed by atoms with Gasteiger partial charge in [0, 0.05) is 19.2 Å². The van der Waals surface area contributed by atoms with Crippen molar-refractivity contribution in [3.63, 3.8) is 0 Å². The topological polar surface area (TPSA) is 114 Å². The molecule has 2 fully saturated rings. The molecule has 1 atom stereocenters. The Morgan fingerprint density at radius 3 is 2.64 bits per heavy atom. The fourth-order valence-corrected chi connectivity index (χ4v) is 6.07. The monoisotopic (exact) mass is 496 g/mol. The van der Waals surface area contributed by atoms with E-state index in [9.17, 15) is 9.59 Å². The van der Waals surface area contributed by atoms with E-state index in [1.807, 2.05) is 0 Å². The lowest BCUT2D eigenvalue weighted by Crippen LogP contribution is -2.33. The van der Waals surface area contributed by atoms with Crippen LogP contribution in [0.4, 0.5) is 5.82 Å². The van der Waals surface area contributed by atoms with Crippen LogP contribution in [0.3, 0.4) is 0 Å². The summed E-state index contributed by atoms with van der Waals surface area (Å²) in [4.78, 5) is 35.4. The van der Waals surface area contributed by atoms with Gasteiger partial charge in [-0.05, 0) is 81.6 Å². The minimum atomic E-state index is -0.694. The molecule has 2 N–H and O–H groups in total. The van der Waals surface area contributed by atoms with Crippen molar-refractivity contribution >= 4 is 17.7 Å². The van der Waals surface area contributed by atoms with Gasteiger partial charge in [-0.3, -0.25) is 9.59 Å². The molecule has 36 heavy (non-hydrogen) atoms. The lowest BCUT2D eigenvalue weighted by atomic mass is 9.73. The Labute approximate surface area is 212 Å². The quantitative estimate of drug-likeness (QED) is 0.570. The Bertz CT molecular complexity index is 1040. The summed E-state index contributed by atoms with van der Waals surface area (Å²) in [6.07, 6.45) is 16.1. The second kappa shape index (κ2) is 10.9. The normalized spacial score (nSPS) is 26.6. The van der Waals surface area contributed by atoms with Crippen molar-refractivity contribution in [2.24, 2.45) is 17.8 Å². The standard InChI is InChI=1S/C27H36N4O5/c1-28-24-23-25(30-27(29-24)36-21-4-2-3-5-21)35-15-14-31(26(23)34)20-12-10-19(11-13-20)18-8-6-17(7-9-18)16-22(32)33/h10,12-13,17-19,21H,2-9,11,14-16H2,1H3,(H,32,33)(H,28,29,30). The minimum Gasteiger partial charge on any atom is -0.481 e. The number of hydrogen-bond acceptors (Lipinski definition) is 7. The lowest BCUT2D eigenvalue weighted by Gasteiger charge is -2.34. The Morgan fingerprint density at radius 2 is 1.97 bits per heavy atom. The summed E-state index contributed by atoms with van der Waals surface area (Å²) < 4.78 is 11.9. The van der Waals surface area contributed by atoms with Gasteiger partial charge in [0.25, 0.3) is 5.91 Å². The van der Waals surface area contributed by atoms with Crippen LogP contribution < -0.4 is 14.8 Å². The highest BCUT2D eigenvalue weighted by Gasteiger charge is 2.33. The van der Waals surface area contributed by atoms with Gasteiger partial charge >= 0.3 is 12.0 Å². The number of anilines is 1. The van der Waals surface area contributed by atoms with E-state index in [4.69, 9.17) is 14.6 Å². The first-order valence-corrected chi connectivity index (χ1v) is 13.3. The average Bonchev–Trinajstić information content (AvgIpc) is 3.33. The van der Waals surface area contributed by atoms with E-state index in [1.165, 1.54) is 0 Å². The number of ether oxygens (including phenoxy) is 2. The van der Waals surface area contributed by atoms with Crippen molar-refractivity contribution in [2.75, 3.05) is 25.5 Å². The van der Waals surface area contributed by atoms with E-state index in [0.29, 0.717) is 42.3 Å². The van der Waals surface area contributed by atoms with E-state index in [-0.39, 0.29) is 30.3 Å². The van der Waals surface area contributed by atoms with Crippen molar-refractivity contribution in [3.05, 3.63) is 29.5 Å². The maximum absolute atomic E-state index is 13.6. The third kappa shape index (κ3) is 5.34. The van der Waals surface area contributed by atoms with Crippen LogP contribution in [-0.2, 0) is 4.79 Å². The summed E-state index contributed by atoms with van der Waals surface area (Å²) in [6.45, 7) is 0.766. The molecule has 9 heteroatoms. The van der Waals surface area contributed by atoms with Crippen molar-refractivity contribution in [3.8, 4) is 11.9 Å². The molecule has 1 aromatic rings. The van der Waals surface area contributed by atoms with Crippen LogP contribution in [0, 0.1) is 17.8 Å². The Kier molecular flexibility index (Phi) is 7.43. The van der Waals surface area contributed by atoms with E-state index in [2.05, 4.69) is 33.5 Å². The zero-order valence-electron chi connectivity index (χ0n) is 20.9. The summed E-state index contributed by atoms with van der Waals surface area (Å²) in [7, 11) is 1.74. The van der Waals surface area contributed by atoms with Gasteiger partial charge < -0.3 is 24.8 Å². The number of rotatable bonds is 7. The molecule has 1 amide bonds. The van der Waals surface area contributed by atoms with Crippen LogP contribution in [0.2, 0.25) is 0 Å². The van der Waals surface area contributed by atoms with Crippen LogP contribution in [0.15, 0.2) is 23.9 Å². The molecule has 9 nitrogen and oxygen atoms in total. The van der Waals surface area contributed by atoms with Crippen LogP contribution in [0.25, 0.3) is 0 Å². The Hall–Kier alpha value is -3.10. The number of nitrogens with zero attached hydrogens (tertiary/aromatic N) is 3. The van der Waals surface area contributed by atoms with Crippen LogP contribution >= 0.6 is 0 Å². The number of carbonyl (C=O) groups is 2. The number of fused-ring (bicyclic) bond motifs is 1. The summed E-state index contributed by atoms with van der Waals surface area (Å²) >= 11 is 0. The minimum absolute atomic E-state index is 0.114. The van der Waals surface area contributed by atoms with Gasteiger partial charge in [-0.1, -0.05) is 12.2 Å². The number of amides is 1. The zero-order chi connectivity index (χ0) is 25.1. The molecule has 2 heterocycles. The molecule has 5 rings (SSSR count). The van der Waals surface area contributed by atoms with Crippen molar-refractivity contribution in [1.29, 1.82) is 0 Å². The Morgan fingerprint density at radius 1 is 1.19 bits per heavy atom. The number of aromatic nitrogens is 2. The predicted molar refractivity (Wildman–Crippen MR) is 134 cm³/mol. The summed E-state index contributed by atoms with van der Waals surface area (Å²) in [5.41, 5.74) is 1.21. The number of hydrogen-bond donors (Lipinski definition) is 2. The van der Waals surface area contributed by atoms with E-state index in [1.54, 1.807) is 11.9 Å². The molecule has 1 unspecified atom stereocenters. The summed E-state index contributed by atoms with van der Waals surface area (Å²) in [5.74, 6) is 1.11. The highest BCUT2D eigenvalue weighted by molar-refractivity contribution is 6.02. The lowest BCUT2D eigenvalue weighted by molar-refractivity contribution is -0.138. The molecule has 2 saturated carbocycles. The molecular formula is C27H36N4O5. The second-order valence-corrected chi connectivity index (χ2v) is 10.4.